The van der Waals surface area contributed by atoms with Gasteiger partial charge in [-0.15, -0.1) is 0 Å². The summed E-state index contributed by atoms with van der Waals surface area (Å²) >= 11 is 0. The lowest BCUT2D eigenvalue weighted by molar-refractivity contribution is 0.401. The first-order valence-corrected chi connectivity index (χ1v) is 7.30. The van der Waals surface area contributed by atoms with E-state index in [9.17, 15) is 0 Å². The molecule has 1 aromatic carbocycles. The molecule has 1 aliphatic carbocycles. The number of benzene rings is 1. The number of hydrogen-bond donors (Lipinski definition) is 1. The molecule has 0 heterocycles. The van der Waals surface area contributed by atoms with Crippen LogP contribution in [0.25, 0.3) is 0 Å². The Kier molecular flexibility index (Phi) is 5.08. The highest BCUT2D eigenvalue weighted by atomic mass is 16.5. The van der Waals surface area contributed by atoms with Crippen LogP contribution in [0.1, 0.15) is 37.7 Å². The first-order valence-electron chi connectivity index (χ1n) is 7.30. The van der Waals surface area contributed by atoms with E-state index in [1.165, 1.54) is 43.4 Å². The number of hydrogen-bond acceptors (Lipinski definition) is 3. The second-order valence-electron chi connectivity index (χ2n) is 5.44. The maximum Gasteiger partial charge on any atom is 0.142 e. The molecule has 1 aromatic rings. The molecule has 2 rings (SSSR count). The highest BCUT2D eigenvalue weighted by Gasteiger charge is 2.20. The van der Waals surface area contributed by atoms with Crippen molar-refractivity contribution in [2.75, 3.05) is 26.1 Å². The van der Waals surface area contributed by atoms with Gasteiger partial charge in [-0.25, -0.2) is 0 Å². The third kappa shape index (κ3) is 3.41. The van der Waals surface area contributed by atoms with Gasteiger partial charge in [0, 0.05) is 19.6 Å². The van der Waals surface area contributed by atoms with Crippen LogP contribution in [0.4, 0.5) is 5.69 Å². The highest BCUT2D eigenvalue weighted by Crippen LogP contribution is 2.33. The van der Waals surface area contributed by atoms with E-state index in [-0.39, 0.29) is 0 Å². The molecular formula is C16H26N2O. The maximum atomic E-state index is 5.57. The molecule has 0 radical (unpaired) electrons. The summed E-state index contributed by atoms with van der Waals surface area (Å²) in [5.74, 6) is 0.987. The van der Waals surface area contributed by atoms with Gasteiger partial charge in [0.1, 0.15) is 5.75 Å². The molecule has 0 saturated heterocycles. The summed E-state index contributed by atoms with van der Waals surface area (Å²) in [6.07, 6.45) is 6.71. The van der Waals surface area contributed by atoms with Gasteiger partial charge in [-0.2, -0.15) is 0 Å². The Morgan fingerprint density at radius 2 is 2.00 bits per heavy atom. The summed E-state index contributed by atoms with van der Waals surface area (Å²) < 4.78 is 5.57. The topological polar surface area (TPSA) is 24.5 Å². The summed E-state index contributed by atoms with van der Waals surface area (Å²) in [5.41, 5.74) is 2.48. The van der Waals surface area contributed by atoms with Crippen LogP contribution >= 0.6 is 0 Å². The van der Waals surface area contributed by atoms with Gasteiger partial charge in [0.25, 0.3) is 0 Å². The molecular weight excluding hydrogens is 236 g/mol. The molecule has 0 bridgehead atoms. The Morgan fingerprint density at radius 3 is 2.63 bits per heavy atom. The zero-order valence-corrected chi connectivity index (χ0v) is 12.4. The number of methoxy groups -OCH3 is 1. The molecule has 0 amide bonds. The maximum absolute atomic E-state index is 5.57. The minimum Gasteiger partial charge on any atom is -0.495 e. The van der Waals surface area contributed by atoms with Crippen molar-refractivity contribution in [3.8, 4) is 5.75 Å². The summed E-state index contributed by atoms with van der Waals surface area (Å²) in [5, 5.41) is 3.18. The number of nitrogens with zero attached hydrogens (tertiary/aromatic N) is 1. The summed E-state index contributed by atoms with van der Waals surface area (Å²) in [4.78, 5) is 2.40. The first kappa shape index (κ1) is 14.2. The van der Waals surface area contributed by atoms with Crippen molar-refractivity contribution in [1.29, 1.82) is 0 Å². The minimum absolute atomic E-state index is 0.665. The van der Waals surface area contributed by atoms with Crippen LogP contribution in [0.5, 0.6) is 5.75 Å². The molecule has 19 heavy (non-hydrogen) atoms. The molecule has 0 aromatic heterocycles. The van der Waals surface area contributed by atoms with Crippen molar-refractivity contribution in [2.24, 2.45) is 0 Å². The normalized spacial score (nSPS) is 16.4. The highest BCUT2D eigenvalue weighted by molar-refractivity contribution is 5.60. The van der Waals surface area contributed by atoms with Crippen molar-refractivity contribution >= 4 is 5.69 Å². The largest absolute Gasteiger partial charge is 0.495 e. The van der Waals surface area contributed by atoms with Gasteiger partial charge in [-0.05, 0) is 37.6 Å². The zero-order valence-electron chi connectivity index (χ0n) is 12.4. The monoisotopic (exact) mass is 262 g/mol. The molecule has 1 aliphatic rings. The predicted octanol–water partition coefficient (Wildman–Crippen LogP) is 3.18. The van der Waals surface area contributed by atoms with E-state index in [1.54, 1.807) is 7.11 Å². The fourth-order valence-corrected chi connectivity index (χ4v) is 2.99. The van der Waals surface area contributed by atoms with E-state index in [4.69, 9.17) is 4.74 Å². The van der Waals surface area contributed by atoms with Gasteiger partial charge in [-0.1, -0.05) is 25.3 Å². The van der Waals surface area contributed by atoms with E-state index in [0.717, 1.165) is 12.3 Å². The average Bonchev–Trinajstić information content (AvgIpc) is 2.47. The van der Waals surface area contributed by atoms with E-state index in [1.807, 2.05) is 7.05 Å². The van der Waals surface area contributed by atoms with Crippen LogP contribution < -0.4 is 15.0 Å². The van der Waals surface area contributed by atoms with Crippen molar-refractivity contribution in [2.45, 2.75) is 44.7 Å². The molecule has 0 unspecified atom stereocenters. The van der Waals surface area contributed by atoms with Crippen LogP contribution in [-0.4, -0.2) is 27.2 Å². The van der Waals surface area contributed by atoms with Crippen LogP contribution in [0.3, 0.4) is 0 Å². The lowest BCUT2D eigenvalue weighted by Crippen LogP contribution is -2.33. The van der Waals surface area contributed by atoms with Gasteiger partial charge in [-0.3, -0.25) is 0 Å². The van der Waals surface area contributed by atoms with E-state index >= 15 is 0 Å². The molecule has 3 nitrogen and oxygen atoms in total. The third-order valence-electron chi connectivity index (χ3n) is 4.13. The van der Waals surface area contributed by atoms with E-state index in [0.29, 0.717) is 6.04 Å². The van der Waals surface area contributed by atoms with Gasteiger partial charge in [0.2, 0.25) is 0 Å². The first-order chi connectivity index (χ1) is 9.26. The number of rotatable bonds is 5. The van der Waals surface area contributed by atoms with Crippen molar-refractivity contribution in [1.82, 2.24) is 5.32 Å². The standard InChI is InChI=1S/C16H26N2O/c1-17-12-13-9-10-15(16(11-13)19-3)18(2)14-7-5-4-6-8-14/h9-11,14,17H,4-8,12H2,1-3H3. The minimum atomic E-state index is 0.665. The molecule has 0 atom stereocenters. The fourth-order valence-electron chi connectivity index (χ4n) is 2.99. The van der Waals surface area contributed by atoms with Crippen LogP contribution in [-0.2, 0) is 6.54 Å². The summed E-state index contributed by atoms with van der Waals surface area (Å²) in [6, 6.07) is 7.19. The summed E-state index contributed by atoms with van der Waals surface area (Å²) in [6.45, 7) is 0.879. The number of nitrogens with one attached hydrogen (secondary N) is 1. The van der Waals surface area contributed by atoms with Crippen molar-refractivity contribution in [3.05, 3.63) is 23.8 Å². The van der Waals surface area contributed by atoms with Gasteiger partial charge in [0.05, 0.1) is 12.8 Å². The molecule has 0 spiro atoms. The Balaban J connectivity index is 2.17. The lowest BCUT2D eigenvalue weighted by atomic mass is 9.94. The quantitative estimate of drug-likeness (QED) is 0.882. The average molecular weight is 262 g/mol. The SMILES string of the molecule is CNCc1ccc(N(C)C2CCCCC2)c(OC)c1. The van der Waals surface area contributed by atoms with Gasteiger partial charge in [0.15, 0.2) is 0 Å². The Hall–Kier alpha value is -1.22. The third-order valence-corrected chi connectivity index (χ3v) is 4.13. The molecule has 1 fully saturated rings. The second-order valence-corrected chi connectivity index (χ2v) is 5.44. The Morgan fingerprint density at radius 1 is 1.26 bits per heavy atom. The summed E-state index contributed by atoms with van der Waals surface area (Å²) in [7, 11) is 5.93. The number of anilines is 1. The fraction of sp³-hybridized carbons (Fsp3) is 0.625. The second kappa shape index (κ2) is 6.80. The van der Waals surface area contributed by atoms with Crippen molar-refractivity contribution < 1.29 is 4.74 Å². The van der Waals surface area contributed by atoms with E-state index in [2.05, 4.69) is 35.5 Å². The molecule has 106 valence electrons. The van der Waals surface area contributed by atoms with Gasteiger partial charge >= 0.3 is 0 Å². The smallest absolute Gasteiger partial charge is 0.142 e. The van der Waals surface area contributed by atoms with E-state index < -0.39 is 0 Å². The number of ether oxygens (including phenoxy) is 1. The van der Waals surface area contributed by atoms with Crippen molar-refractivity contribution in [3.63, 3.8) is 0 Å². The lowest BCUT2D eigenvalue weighted by Gasteiger charge is -2.33. The Labute approximate surface area is 116 Å². The molecule has 1 saturated carbocycles. The molecule has 3 heteroatoms. The predicted molar refractivity (Wildman–Crippen MR) is 81.0 cm³/mol. The van der Waals surface area contributed by atoms with Gasteiger partial charge < -0.3 is 15.0 Å². The van der Waals surface area contributed by atoms with Crippen LogP contribution in [0.15, 0.2) is 18.2 Å². The van der Waals surface area contributed by atoms with Crippen LogP contribution in [0, 0.1) is 0 Å². The van der Waals surface area contributed by atoms with Crippen LogP contribution in [0.2, 0.25) is 0 Å². The molecule has 1 N–H and O–H groups in total. The Bertz CT molecular complexity index is 400. The molecule has 0 aliphatic heterocycles. The zero-order chi connectivity index (χ0) is 13.7.